The van der Waals surface area contributed by atoms with Crippen molar-refractivity contribution in [3.63, 3.8) is 0 Å². The number of carbonyl (C=O) groups excluding carboxylic acids is 3. The van der Waals surface area contributed by atoms with Crippen molar-refractivity contribution in [3.05, 3.63) is 22.6 Å². The monoisotopic (exact) mass is 331 g/mol. The highest BCUT2D eigenvalue weighted by Crippen LogP contribution is 2.28. The highest BCUT2D eigenvalue weighted by Gasteiger charge is 2.27. The van der Waals surface area contributed by atoms with Crippen molar-refractivity contribution in [2.24, 2.45) is 0 Å². The number of hydrogen-bond acceptors (Lipinski definition) is 8. The van der Waals surface area contributed by atoms with Crippen LogP contribution in [0.5, 0.6) is 0 Å². The number of aldehydes is 1. The summed E-state index contributed by atoms with van der Waals surface area (Å²) in [6, 6.07) is 0. The molecule has 8 nitrogen and oxygen atoms in total. The van der Waals surface area contributed by atoms with Gasteiger partial charge >= 0.3 is 0 Å². The predicted molar refractivity (Wildman–Crippen MR) is 77.6 cm³/mol. The van der Waals surface area contributed by atoms with E-state index >= 15 is 0 Å². The number of hydrogen-bond donors (Lipinski definition) is 5. The van der Waals surface area contributed by atoms with Gasteiger partial charge in [-0.3, -0.25) is 19.7 Å². The number of rotatable bonds is 8. The molecule has 0 saturated heterocycles. The molecule has 0 aromatic carbocycles. The van der Waals surface area contributed by atoms with Gasteiger partial charge in [0, 0.05) is 16.2 Å². The highest BCUT2D eigenvalue weighted by atomic mass is 32.2. The summed E-state index contributed by atoms with van der Waals surface area (Å²) < 4.78 is 0. The normalized spacial score (nSPS) is 20.0. The van der Waals surface area contributed by atoms with E-state index in [0.717, 1.165) is 17.8 Å². The van der Waals surface area contributed by atoms with Crippen LogP contribution >= 0.6 is 11.8 Å². The number of nitrogens with one attached hydrogen (secondary N) is 1. The first kappa shape index (κ1) is 18.5. The molecule has 1 aliphatic heterocycles. The van der Waals surface area contributed by atoms with Gasteiger partial charge in [-0.1, -0.05) is 0 Å². The lowest BCUT2D eigenvalue weighted by molar-refractivity contribution is -0.128. The highest BCUT2D eigenvalue weighted by molar-refractivity contribution is 8.03. The van der Waals surface area contributed by atoms with Crippen molar-refractivity contribution in [3.8, 4) is 0 Å². The van der Waals surface area contributed by atoms with Gasteiger partial charge in [0.25, 0.3) is 5.91 Å². The molecule has 0 unspecified atom stereocenters. The lowest BCUT2D eigenvalue weighted by atomic mass is 10.1. The fourth-order valence-corrected chi connectivity index (χ4v) is 2.81. The molecule has 0 radical (unpaired) electrons. The van der Waals surface area contributed by atoms with E-state index in [-0.39, 0.29) is 17.7 Å². The van der Waals surface area contributed by atoms with Crippen molar-refractivity contribution in [1.29, 1.82) is 0 Å². The number of carbonyl (C=O) groups is 3. The maximum absolute atomic E-state index is 11.7. The van der Waals surface area contributed by atoms with Crippen LogP contribution in [0.1, 0.15) is 6.42 Å². The summed E-state index contributed by atoms with van der Waals surface area (Å²) >= 11 is 0.956. The first-order chi connectivity index (χ1) is 10.4. The standard InChI is InChI=1S/C13H17NO7S/c15-3-1-2-7-10(4-11(19)14-13(7)21)22-6-9(18)12(20)8(17)5-16/h1-3,8-9,12,16-18,20H,4-6H2,(H,14,19,21)/b2-1+/t8-,9+,12-/m1/s1. The summed E-state index contributed by atoms with van der Waals surface area (Å²) in [6.07, 6.45) is -1.67. The van der Waals surface area contributed by atoms with Crippen LogP contribution in [-0.4, -0.2) is 69.2 Å². The molecule has 0 saturated carbocycles. The van der Waals surface area contributed by atoms with Crippen LogP contribution in [0.15, 0.2) is 22.6 Å². The molecule has 0 fully saturated rings. The molecular weight excluding hydrogens is 314 g/mol. The molecule has 22 heavy (non-hydrogen) atoms. The van der Waals surface area contributed by atoms with Crippen LogP contribution in [0.3, 0.4) is 0 Å². The van der Waals surface area contributed by atoms with E-state index in [2.05, 4.69) is 5.32 Å². The second-order valence-corrected chi connectivity index (χ2v) is 5.62. The van der Waals surface area contributed by atoms with Crippen LogP contribution in [0.25, 0.3) is 0 Å². The van der Waals surface area contributed by atoms with Crippen molar-refractivity contribution < 1.29 is 34.8 Å². The number of aliphatic hydroxyl groups is 4. The maximum atomic E-state index is 11.7. The van der Waals surface area contributed by atoms with E-state index in [9.17, 15) is 29.7 Å². The predicted octanol–water partition coefficient (Wildman–Crippen LogP) is -2.15. The number of amides is 2. The van der Waals surface area contributed by atoms with Gasteiger partial charge in [-0.15, -0.1) is 11.8 Å². The minimum absolute atomic E-state index is 0.0969. The molecule has 1 aliphatic rings. The molecule has 3 atom stereocenters. The zero-order valence-electron chi connectivity index (χ0n) is 11.5. The fraction of sp³-hybridized carbons (Fsp3) is 0.462. The lowest BCUT2D eigenvalue weighted by Gasteiger charge is -2.23. The minimum Gasteiger partial charge on any atom is -0.394 e. The summed E-state index contributed by atoms with van der Waals surface area (Å²) in [5.74, 6) is -1.27. The second kappa shape index (κ2) is 8.81. The van der Waals surface area contributed by atoms with Crippen LogP contribution in [-0.2, 0) is 14.4 Å². The molecule has 1 heterocycles. The Morgan fingerprint density at radius 1 is 1.23 bits per heavy atom. The van der Waals surface area contributed by atoms with Gasteiger partial charge < -0.3 is 20.4 Å². The lowest BCUT2D eigenvalue weighted by Crippen LogP contribution is -2.41. The molecule has 0 aromatic heterocycles. The third-order valence-corrected chi connectivity index (χ3v) is 4.09. The summed E-state index contributed by atoms with van der Waals surface area (Å²) in [7, 11) is 0. The molecule has 0 bridgehead atoms. The van der Waals surface area contributed by atoms with Crippen LogP contribution in [0.4, 0.5) is 0 Å². The Hall–Kier alpha value is -1.52. The molecule has 5 N–H and O–H groups in total. The van der Waals surface area contributed by atoms with Crippen molar-refractivity contribution in [1.82, 2.24) is 5.32 Å². The van der Waals surface area contributed by atoms with E-state index in [1.807, 2.05) is 0 Å². The van der Waals surface area contributed by atoms with Crippen molar-refractivity contribution >= 4 is 29.9 Å². The number of thioether (sulfide) groups is 1. The van der Waals surface area contributed by atoms with Gasteiger partial charge in [-0.2, -0.15) is 0 Å². The molecule has 0 aromatic rings. The summed E-state index contributed by atoms with van der Waals surface area (Å²) in [4.78, 5) is 33.8. The molecule has 122 valence electrons. The fourth-order valence-electron chi connectivity index (χ4n) is 1.69. The van der Waals surface area contributed by atoms with Crippen LogP contribution in [0.2, 0.25) is 0 Å². The van der Waals surface area contributed by atoms with E-state index < -0.39 is 36.7 Å². The number of allylic oxidation sites excluding steroid dienone is 1. The SMILES string of the molecule is O=C/C=C/C1=C(SC[C@H](O)[C@H](O)[C@H](O)CO)CC(=O)NC1=O. The Labute approximate surface area is 130 Å². The molecule has 1 rings (SSSR count). The van der Waals surface area contributed by atoms with Gasteiger partial charge in [0.2, 0.25) is 5.91 Å². The van der Waals surface area contributed by atoms with Crippen molar-refractivity contribution in [2.45, 2.75) is 24.7 Å². The summed E-state index contributed by atoms with van der Waals surface area (Å²) in [5, 5.41) is 39.3. The summed E-state index contributed by atoms with van der Waals surface area (Å²) in [6.45, 7) is -0.709. The third-order valence-electron chi connectivity index (χ3n) is 2.86. The topological polar surface area (TPSA) is 144 Å². The Bertz CT molecular complexity index is 503. The quantitative estimate of drug-likeness (QED) is 0.192. The van der Waals surface area contributed by atoms with Gasteiger partial charge in [-0.05, 0) is 12.2 Å². The first-order valence-corrected chi connectivity index (χ1v) is 7.36. The van der Waals surface area contributed by atoms with E-state index in [0.29, 0.717) is 11.2 Å². The number of aliphatic hydroxyl groups excluding tert-OH is 4. The van der Waals surface area contributed by atoms with Crippen LogP contribution < -0.4 is 5.32 Å². The average Bonchev–Trinajstić information content (AvgIpc) is 2.49. The van der Waals surface area contributed by atoms with E-state index in [4.69, 9.17) is 5.11 Å². The molecule has 2 amide bonds. The van der Waals surface area contributed by atoms with Gasteiger partial charge in [0.05, 0.1) is 19.1 Å². The summed E-state index contributed by atoms with van der Waals surface area (Å²) in [5.41, 5.74) is 0.126. The average molecular weight is 331 g/mol. The van der Waals surface area contributed by atoms with Crippen molar-refractivity contribution in [2.75, 3.05) is 12.4 Å². The minimum atomic E-state index is -1.56. The van der Waals surface area contributed by atoms with E-state index in [1.54, 1.807) is 0 Å². The zero-order valence-corrected chi connectivity index (χ0v) is 12.3. The largest absolute Gasteiger partial charge is 0.394 e. The Kier molecular flexibility index (Phi) is 7.42. The Morgan fingerprint density at radius 2 is 1.91 bits per heavy atom. The van der Waals surface area contributed by atoms with Crippen LogP contribution in [0, 0.1) is 0 Å². The third kappa shape index (κ3) is 5.04. The number of imide groups is 1. The second-order valence-electron chi connectivity index (χ2n) is 4.50. The molecular formula is C13H17NO7S. The molecule has 0 spiro atoms. The molecule has 9 heteroatoms. The molecule has 0 aliphatic carbocycles. The zero-order chi connectivity index (χ0) is 16.7. The first-order valence-electron chi connectivity index (χ1n) is 6.37. The van der Waals surface area contributed by atoms with Gasteiger partial charge in [0.1, 0.15) is 18.5 Å². The van der Waals surface area contributed by atoms with Gasteiger partial charge in [0.15, 0.2) is 0 Å². The smallest absolute Gasteiger partial charge is 0.258 e. The maximum Gasteiger partial charge on any atom is 0.258 e. The van der Waals surface area contributed by atoms with E-state index in [1.165, 1.54) is 6.08 Å². The van der Waals surface area contributed by atoms with Gasteiger partial charge in [-0.25, -0.2) is 0 Å². The Balaban J connectivity index is 2.82. The Morgan fingerprint density at radius 3 is 2.50 bits per heavy atom.